The lowest BCUT2D eigenvalue weighted by Crippen LogP contribution is -2.33. The van der Waals surface area contributed by atoms with E-state index in [9.17, 15) is 9.18 Å². The van der Waals surface area contributed by atoms with Gasteiger partial charge in [-0.1, -0.05) is 25.0 Å². The van der Waals surface area contributed by atoms with E-state index >= 15 is 0 Å². The predicted octanol–water partition coefficient (Wildman–Crippen LogP) is 2.94. The molecule has 0 bridgehead atoms. The summed E-state index contributed by atoms with van der Waals surface area (Å²) in [5.41, 5.74) is 1.42. The maximum Gasteiger partial charge on any atom is 0.270 e. The smallest absolute Gasteiger partial charge is 0.270 e. The van der Waals surface area contributed by atoms with E-state index in [4.69, 9.17) is 0 Å². The molecule has 1 heterocycles. The van der Waals surface area contributed by atoms with E-state index in [1.165, 1.54) is 31.3 Å². The lowest BCUT2D eigenvalue weighted by atomic mass is 10.1. The molecule has 6 heteroatoms. The highest BCUT2D eigenvalue weighted by Crippen LogP contribution is 2.18. The van der Waals surface area contributed by atoms with Gasteiger partial charge in [-0.2, -0.15) is 0 Å². The number of anilines is 1. The number of hydrogen-bond donors (Lipinski definition) is 2. The number of amides is 1. The third-order valence-corrected chi connectivity index (χ3v) is 4.22. The molecule has 2 aromatic rings. The molecule has 0 saturated heterocycles. The molecule has 0 spiro atoms. The minimum atomic E-state index is -0.236. The van der Waals surface area contributed by atoms with Gasteiger partial charge < -0.3 is 10.6 Å². The monoisotopic (exact) mass is 328 g/mol. The van der Waals surface area contributed by atoms with Crippen LogP contribution in [-0.2, 0) is 6.42 Å². The van der Waals surface area contributed by atoms with Crippen molar-refractivity contribution in [1.82, 2.24) is 15.3 Å². The van der Waals surface area contributed by atoms with Gasteiger partial charge in [0.25, 0.3) is 5.91 Å². The molecule has 1 aromatic heterocycles. The Bertz CT molecular complexity index is 684. The minimum absolute atomic E-state index is 0.147. The number of halogens is 1. The van der Waals surface area contributed by atoms with Crippen LogP contribution in [0.15, 0.2) is 36.7 Å². The van der Waals surface area contributed by atoms with Crippen molar-refractivity contribution >= 4 is 11.7 Å². The van der Waals surface area contributed by atoms with E-state index in [1.807, 2.05) is 0 Å². The van der Waals surface area contributed by atoms with Gasteiger partial charge in [0.1, 0.15) is 23.7 Å². The van der Waals surface area contributed by atoms with Crippen LogP contribution in [-0.4, -0.2) is 28.5 Å². The summed E-state index contributed by atoms with van der Waals surface area (Å²) in [6.45, 7) is 0.645. The van der Waals surface area contributed by atoms with E-state index in [0.717, 1.165) is 24.8 Å². The zero-order valence-corrected chi connectivity index (χ0v) is 13.5. The van der Waals surface area contributed by atoms with Gasteiger partial charge in [-0.25, -0.2) is 14.4 Å². The Morgan fingerprint density at radius 1 is 1.17 bits per heavy atom. The fraction of sp³-hybridized carbons (Fsp3) is 0.389. The fourth-order valence-corrected chi connectivity index (χ4v) is 2.89. The first kappa shape index (κ1) is 16.4. The molecular weight excluding hydrogens is 307 g/mol. The van der Waals surface area contributed by atoms with Crippen molar-refractivity contribution < 1.29 is 9.18 Å². The second-order valence-corrected chi connectivity index (χ2v) is 6.05. The summed E-state index contributed by atoms with van der Waals surface area (Å²) in [4.78, 5) is 20.4. The number of aromatic nitrogens is 2. The molecule has 1 amide bonds. The molecule has 2 N–H and O–H groups in total. The average molecular weight is 328 g/mol. The van der Waals surface area contributed by atoms with Gasteiger partial charge in [0.2, 0.25) is 0 Å². The Hall–Kier alpha value is -2.50. The second kappa shape index (κ2) is 7.86. The Kier molecular flexibility index (Phi) is 5.36. The van der Waals surface area contributed by atoms with Crippen LogP contribution in [0.3, 0.4) is 0 Å². The number of benzene rings is 1. The van der Waals surface area contributed by atoms with Crippen LogP contribution in [0.5, 0.6) is 0 Å². The maximum atomic E-state index is 12.9. The normalized spacial score (nSPS) is 14.5. The Labute approximate surface area is 140 Å². The highest BCUT2D eigenvalue weighted by atomic mass is 19.1. The van der Waals surface area contributed by atoms with Crippen molar-refractivity contribution in [3.63, 3.8) is 0 Å². The van der Waals surface area contributed by atoms with Gasteiger partial charge in [-0.15, -0.1) is 0 Å². The number of rotatable bonds is 6. The molecule has 1 aromatic carbocycles. The molecule has 126 valence electrons. The Morgan fingerprint density at radius 3 is 2.67 bits per heavy atom. The third-order valence-electron chi connectivity index (χ3n) is 4.22. The zero-order chi connectivity index (χ0) is 16.8. The fourth-order valence-electron chi connectivity index (χ4n) is 2.89. The quantitative estimate of drug-likeness (QED) is 0.855. The molecule has 0 unspecified atom stereocenters. The van der Waals surface area contributed by atoms with Gasteiger partial charge in [0.15, 0.2) is 0 Å². The van der Waals surface area contributed by atoms with E-state index < -0.39 is 0 Å². The topological polar surface area (TPSA) is 66.9 Å². The third kappa shape index (κ3) is 4.50. The SMILES string of the molecule is O=C(NC1CCCC1)c1cc(NCCc2ccc(F)cc2)ncn1. The number of nitrogens with one attached hydrogen (secondary N) is 2. The Balaban J connectivity index is 1.52. The largest absolute Gasteiger partial charge is 0.370 e. The van der Waals surface area contributed by atoms with Gasteiger partial charge in [0.05, 0.1) is 0 Å². The van der Waals surface area contributed by atoms with Crippen molar-refractivity contribution in [2.45, 2.75) is 38.1 Å². The maximum absolute atomic E-state index is 12.9. The summed E-state index contributed by atoms with van der Waals surface area (Å²) in [7, 11) is 0. The van der Waals surface area contributed by atoms with Crippen LogP contribution in [0.2, 0.25) is 0 Å². The van der Waals surface area contributed by atoms with Gasteiger partial charge in [-0.05, 0) is 37.0 Å². The first-order valence-corrected chi connectivity index (χ1v) is 8.32. The van der Waals surface area contributed by atoms with E-state index in [-0.39, 0.29) is 17.8 Å². The molecule has 1 fully saturated rings. The lowest BCUT2D eigenvalue weighted by molar-refractivity contribution is 0.0932. The van der Waals surface area contributed by atoms with Crippen molar-refractivity contribution in [2.75, 3.05) is 11.9 Å². The molecule has 0 radical (unpaired) electrons. The summed E-state index contributed by atoms with van der Waals surface area (Å²) in [6, 6.07) is 8.35. The highest BCUT2D eigenvalue weighted by Gasteiger charge is 2.18. The predicted molar refractivity (Wildman–Crippen MR) is 90.3 cm³/mol. The van der Waals surface area contributed by atoms with Crippen LogP contribution >= 0.6 is 0 Å². The van der Waals surface area contributed by atoms with Crippen LogP contribution in [0.4, 0.5) is 10.2 Å². The highest BCUT2D eigenvalue weighted by molar-refractivity contribution is 5.93. The van der Waals surface area contributed by atoms with Crippen LogP contribution < -0.4 is 10.6 Å². The van der Waals surface area contributed by atoms with E-state index in [0.29, 0.717) is 18.1 Å². The summed E-state index contributed by atoms with van der Waals surface area (Å²) >= 11 is 0. The van der Waals surface area contributed by atoms with Crippen LogP contribution in [0.1, 0.15) is 41.7 Å². The van der Waals surface area contributed by atoms with Gasteiger partial charge >= 0.3 is 0 Å². The molecule has 5 nitrogen and oxygen atoms in total. The van der Waals surface area contributed by atoms with Gasteiger partial charge in [-0.3, -0.25) is 4.79 Å². The van der Waals surface area contributed by atoms with Crippen LogP contribution in [0.25, 0.3) is 0 Å². The van der Waals surface area contributed by atoms with E-state index in [2.05, 4.69) is 20.6 Å². The van der Waals surface area contributed by atoms with Crippen molar-refractivity contribution in [1.29, 1.82) is 0 Å². The Morgan fingerprint density at radius 2 is 1.92 bits per heavy atom. The standard InChI is InChI=1S/C18H21FN4O/c19-14-7-5-13(6-8-14)9-10-20-17-11-16(21-12-22-17)18(24)23-15-3-1-2-4-15/h5-8,11-12,15H,1-4,9-10H2,(H,23,24)(H,20,21,22). The summed E-state index contributed by atoms with van der Waals surface area (Å²) in [6.07, 6.45) is 6.56. The lowest BCUT2D eigenvalue weighted by Gasteiger charge is -2.12. The molecule has 1 aliphatic rings. The molecular formula is C18H21FN4O. The van der Waals surface area contributed by atoms with Crippen molar-refractivity contribution in [3.8, 4) is 0 Å². The van der Waals surface area contributed by atoms with E-state index in [1.54, 1.807) is 18.2 Å². The average Bonchev–Trinajstić information content (AvgIpc) is 3.10. The molecule has 3 rings (SSSR count). The number of carbonyl (C=O) groups is 1. The second-order valence-electron chi connectivity index (χ2n) is 6.05. The summed E-state index contributed by atoms with van der Waals surface area (Å²) in [5.74, 6) is 0.231. The van der Waals surface area contributed by atoms with Crippen molar-refractivity contribution in [3.05, 3.63) is 53.7 Å². The first-order valence-electron chi connectivity index (χ1n) is 8.32. The zero-order valence-electron chi connectivity index (χ0n) is 13.5. The molecule has 0 aliphatic heterocycles. The molecule has 1 saturated carbocycles. The number of nitrogens with zero attached hydrogens (tertiary/aromatic N) is 2. The first-order chi connectivity index (χ1) is 11.7. The summed E-state index contributed by atoms with van der Waals surface area (Å²) < 4.78 is 12.9. The molecule has 1 aliphatic carbocycles. The number of hydrogen-bond acceptors (Lipinski definition) is 4. The van der Waals surface area contributed by atoms with Crippen LogP contribution in [0, 0.1) is 5.82 Å². The molecule has 0 atom stereocenters. The summed E-state index contributed by atoms with van der Waals surface area (Å²) in [5, 5.41) is 6.19. The van der Waals surface area contributed by atoms with Gasteiger partial charge in [0, 0.05) is 18.7 Å². The minimum Gasteiger partial charge on any atom is -0.370 e. The van der Waals surface area contributed by atoms with Crippen molar-refractivity contribution in [2.24, 2.45) is 0 Å². The number of carbonyl (C=O) groups excluding carboxylic acids is 1. The molecule has 24 heavy (non-hydrogen) atoms.